The maximum atomic E-state index is 9.10. The third kappa shape index (κ3) is 3.82. The van der Waals surface area contributed by atoms with Crippen LogP contribution >= 0.6 is 0 Å². The van der Waals surface area contributed by atoms with Gasteiger partial charge < -0.3 is 14.7 Å². The largest absolute Gasteiger partial charge is 0.387 e. The summed E-state index contributed by atoms with van der Waals surface area (Å²) in [5.74, 6) is 1.82. The molecule has 0 aliphatic heterocycles. The standard InChI is InChI=1S/C8H11NO.C6H14O2/c1-5-6(2)9-10-8(5)7-3-4-7;1-5(2,7)6(3,4)8/h7H,3-4H2,1-2H3;7-8H,1-4H3. The summed E-state index contributed by atoms with van der Waals surface area (Å²) in [6, 6.07) is 0. The number of rotatable bonds is 2. The van der Waals surface area contributed by atoms with Gasteiger partial charge >= 0.3 is 0 Å². The van der Waals surface area contributed by atoms with E-state index in [0.717, 1.165) is 11.5 Å². The van der Waals surface area contributed by atoms with Crippen LogP contribution in [0.1, 0.15) is 63.5 Å². The van der Waals surface area contributed by atoms with E-state index >= 15 is 0 Å². The van der Waals surface area contributed by atoms with E-state index in [4.69, 9.17) is 14.7 Å². The summed E-state index contributed by atoms with van der Waals surface area (Å²) >= 11 is 0. The molecule has 104 valence electrons. The zero-order chi connectivity index (χ0) is 14.1. The smallest absolute Gasteiger partial charge is 0.142 e. The van der Waals surface area contributed by atoms with Crippen molar-refractivity contribution >= 4 is 0 Å². The molecule has 1 saturated carbocycles. The van der Waals surface area contributed by atoms with Crippen LogP contribution in [-0.2, 0) is 0 Å². The third-order valence-corrected chi connectivity index (χ3v) is 3.64. The summed E-state index contributed by atoms with van der Waals surface area (Å²) < 4.78 is 5.17. The van der Waals surface area contributed by atoms with Gasteiger partial charge in [0.15, 0.2) is 0 Å². The molecule has 0 spiro atoms. The zero-order valence-electron chi connectivity index (χ0n) is 12.2. The molecule has 4 heteroatoms. The Morgan fingerprint density at radius 3 is 1.72 bits per heavy atom. The summed E-state index contributed by atoms with van der Waals surface area (Å²) in [6.07, 6.45) is 2.57. The molecule has 1 aliphatic carbocycles. The van der Waals surface area contributed by atoms with Crippen molar-refractivity contribution in [3.63, 3.8) is 0 Å². The van der Waals surface area contributed by atoms with Crippen molar-refractivity contribution in [1.29, 1.82) is 0 Å². The molecule has 0 radical (unpaired) electrons. The second-order valence-corrected chi connectivity index (χ2v) is 6.15. The number of nitrogens with zero attached hydrogens (tertiary/aromatic N) is 1. The maximum absolute atomic E-state index is 9.10. The van der Waals surface area contributed by atoms with Crippen molar-refractivity contribution in [3.05, 3.63) is 17.0 Å². The highest BCUT2D eigenvalue weighted by Crippen LogP contribution is 2.41. The summed E-state index contributed by atoms with van der Waals surface area (Å²) in [5, 5.41) is 22.1. The Hall–Kier alpha value is -0.870. The van der Waals surface area contributed by atoms with Crippen molar-refractivity contribution < 1.29 is 14.7 Å². The van der Waals surface area contributed by atoms with Gasteiger partial charge in [-0.1, -0.05) is 5.16 Å². The lowest BCUT2D eigenvalue weighted by Gasteiger charge is -2.31. The lowest BCUT2D eigenvalue weighted by Crippen LogP contribution is -2.44. The molecule has 18 heavy (non-hydrogen) atoms. The molecule has 0 atom stereocenters. The molecule has 1 aromatic heterocycles. The SMILES string of the molecule is CC(C)(O)C(C)(C)O.Cc1noc(C2CC2)c1C. The summed E-state index contributed by atoms with van der Waals surface area (Å²) in [4.78, 5) is 0. The van der Waals surface area contributed by atoms with Crippen LogP contribution < -0.4 is 0 Å². The number of aromatic nitrogens is 1. The van der Waals surface area contributed by atoms with E-state index < -0.39 is 11.2 Å². The topological polar surface area (TPSA) is 66.5 Å². The van der Waals surface area contributed by atoms with Crippen molar-refractivity contribution in [2.24, 2.45) is 0 Å². The summed E-state index contributed by atoms with van der Waals surface area (Å²) in [5.41, 5.74) is 0.282. The summed E-state index contributed by atoms with van der Waals surface area (Å²) in [7, 11) is 0. The Morgan fingerprint density at radius 2 is 1.50 bits per heavy atom. The second-order valence-electron chi connectivity index (χ2n) is 6.15. The normalized spacial score (nSPS) is 16.2. The van der Waals surface area contributed by atoms with Gasteiger partial charge in [0.1, 0.15) is 5.76 Å². The highest BCUT2D eigenvalue weighted by Gasteiger charge is 2.32. The minimum atomic E-state index is -1.01. The molecule has 0 amide bonds. The van der Waals surface area contributed by atoms with Crippen LogP contribution in [0.4, 0.5) is 0 Å². The van der Waals surface area contributed by atoms with E-state index in [-0.39, 0.29) is 0 Å². The molecule has 1 aliphatic rings. The van der Waals surface area contributed by atoms with E-state index in [1.807, 2.05) is 6.92 Å². The van der Waals surface area contributed by atoms with E-state index in [1.165, 1.54) is 18.4 Å². The van der Waals surface area contributed by atoms with Gasteiger partial charge in [-0.25, -0.2) is 0 Å². The molecule has 2 N–H and O–H groups in total. The van der Waals surface area contributed by atoms with Gasteiger partial charge in [-0.05, 0) is 54.4 Å². The molecule has 0 saturated heterocycles. The molecular weight excluding hydrogens is 230 g/mol. The molecule has 1 fully saturated rings. The van der Waals surface area contributed by atoms with Gasteiger partial charge in [0.25, 0.3) is 0 Å². The number of aryl methyl sites for hydroxylation is 1. The van der Waals surface area contributed by atoms with Crippen LogP contribution in [0.2, 0.25) is 0 Å². The minimum absolute atomic E-state index is 0.696. The van der Waals surface area contributed by atoms with Crippen LogP contribution in [0.5, 0.6) is 0 Å². The Kier molecular flexibility index (Phi) is 4.23. The Bertz CT molecular complexity index is 380. The van der Waals surface area contributed by atoms with Gasteiger partial charge in [0.05, 0.1) is 16.9 Å². The van der Waals surface area contributed by atoms with Crippen LogP contribution in [-0.4, -0.2) is 26.6 Å². The molecule has 4 nitrogen and oxygen atoms in total. The average molecular weight is 255 g/mol. The van der Waals surface area contributed by atoms with Gasteiger partial charge in [-0.3, -0.25) is 0 Å². The van der Waals surface area contributed by atoms with Gasteiger partial charge in [-0.2, -0.15) is 0 Å². The van der Waals surface area contributed by atoms with Crippen molar-refractivity contribution in [2.75, 3.05) is 0 Å². The van der Waals surface area contributed by atoms with Gasteiger partial charge in [0.2, 0.25) is 0 Å². The number of hydrogen-bond donors (Lipinski definition) is 2. The van der Waals surface area contributed by atoms with Crippen LogP contribution in [0.15, 0.2) is 4.52 Å². The molecule has 0 aromatic carbocycles. The summed E-state index contributed by atoms with van der Waals surface area (Å²) in [6.45, 7) is 10.4. The van der Waals surface area contributed by atoms with Crippen molar-refractivity contribution in [2.45, 2.75) is 71.5 Å². The van der Waals surface area contributed by atoms with Gasteiger partial charge in [0, 0.05) is 11.5 Å². The highest BCUT2D eigenvalue weighted by atomic mass is 16.5. The molecule has 0 bridgehead atoms. The lowest BCUT2D eigenvalue weighted by atomic mass is 9.90. The van der Waals surface area contributed by atoms with Gasteiger partial charge in [-0.15, -0.1) is 0 Å². The average Bonchev–Trinajstić information content (AvgIpc) is 2.95. The van der Waals surface area contributed by atoms with E-state index in [1.54, 1.807) is 27.7 Å². The number of hydrogen-bond acceptors (Lipinski definition) is 4. The van der Waals surface area contributed by atoms with E-state index in [9.17, 15) is 0 Å². The fourth-order valence-electron chi connectivity index (χ4n) is 1.16. The third-order valence-electron chi connectivity index (χ3n) is 3.64. The Labute approximate surface area is 109 Å². The molecular formula is C14H25NO3. The first-order valence-electron chi connectivity index (χ1n) is 6.41. The first kappa shape index (κ1) is 15.2. The fourth-order valence-corrected chi connectivity index (χ4v) is 1.16. The minimum Gasteiger partial charge on any atom is -0.387 e. The van der Waals surface area contributed by atoms with Crippen LogP contribution in [0.25, 0.3) is 0 Å². The molecule has 1 aromatic rings. The zero-order valence-corrected chi connectivity index (χ0v) is 12.2. The Morgan fingerprint density at radius 1 is 1.06 bits per heavy atom. The van der Waals surface area contributed by atoms with Crippen LogP contribution in [0.3, 0.4) is 0 Å². The Balaban J connectivity index is 0.000000187. The quantitative estimate of drug-likeness (QED) is 0.852. The van der Waals surface area contributed by atoms with E-state index in [0.29, 0.717) is 5.92 Å². The maximum Gasteiger partial charge on any atom is 0.142 e. The predicted molar refractivity (Wildman–Crippen MR) is 70.5 cm³/mol. The molecule has 2 rings (SSSR count). The predicted octanol–water partition coefficient (Wildman–Crippen LogP) is 2.70. The lowest BCUT2D eigenvalue weighted by molar-refractivity contribution is -0.107. The highest BCUT2D eigenvalue weighted by molar-refractivity contribution is 5.25. The van der Waals surface area contributed by atoms with Crippen molar-refractivity contribution in [1.82, 2.24) is 5.16 Å². The molecule has 0 unspecified atom stereocenters. The second kappa shape index (κ2) is 5.02. The van der Waals surface area contributed by atoms with Crippen LogP contribution in [0, 0.1) is 13.8 Å². The fraction of sp³-hybridized carbons (Fsp3) is 0.786. The molecule has 1 heterocycles. The number of aliphatic hydroxyl groups is 2. The first-order valence-corrected chi connectivity index (χ1v) is 6.41. The van der Waals surface area contributed by atoms with E-state index in [2.05, 4.69) is 12.1 Å². The first-order chi connectivity index (χ1) is 8.04. The van der Waals surface area contributed by atoms with Crippen molar-refractivity contribution in [3.8, 4) is 0 Å². The monoisotopic (exact) mass is 255 g/mol.